The molecule has 4 aromatic heterocycles. The number of anilines is 1. The minimum atomic E-state index is -0.0930. The highest BCUT2D eigenvalue weighted by Gasteiger charge is 2.24. The van der Waals surface area contributed by atoms with Crippen molar-refractivity contribution < 1.29 is 0 Å². The van der Waals surface area contributed by atoms with Crippen molar-refractivity contribution in [2.75, 3.05) is 19.8 Å². The van der Waals surface area contributed by atoms with Crippen LogP contribution in [-0.4, -0.2) is 48.4 Å². The summed E-state index contributed by atoms with van der Waals surface area (Å²) in [6.45, 7) is 3.00. The topological polar surface area (TPSA) is 90.2 Å². The van der Waals surface area contributed by atoms with Crippen molar-refractivity contribution >= 4 is 45.0 Å². The highest BCUT2D eigenvalue weighted by molar-refractivity contribution is 14.1. The van der Waals surface area contributed by atoms with E-state index in [1.165, 1.54) is 11.9 Å². The van der Waals surface area contributed by atoms with Crippen LogP contribution in [0.4, 0.5) is 5.82 Å². The van der Waals surface area contributed by atoms with Gasteiger partial charge in [0, 0.05) is 23.9 Å². The van der Waals surface area contributed by atoms with Crippen molar-refractivity contribution in [1.82, 2.24) is 34.3 Å². The standard InChI is InChI=1S/C23H23IN8/c1-14(31-23-19(21(24)29-31)22(25)26-13-27-23)18-11-17-8-5-9-28-32(17)20(18)16-7-4-6-15(10-16)12-30(2)3/h4-11,13-14H,12H2,1-3H3,(H2,25,26,27). The fraction of sp³-hybridized carbons (Fsp3) is 0.217. The highest BCUT2D eigenvalue weighted by Crippen LogP contribution is 2.35. The fourth-order valence-corrected chi connectivity index (χ4v) is 4.92. The summed E-state index contributed by atoms with van der Waals surface area (Å²) in [7, 11) is 4.15. The third-order valence-electron chi connectivity index (χ3n) is 5.56. The first-order valence-corrected chi connectivity index (χ1v) is 11.4. The van der Waals surface area contributed by atoms with Crippen LogP contribution >= 0.6 is 22.6 Å². The Balaban J connectivity index is 1.72. The first kappa shape index (κ1) is 20.8. The van der Waals surface area contributed by atoms with Crippen molar-refractivity contribution in [2.24, 2.45) is 0 Å². The van der Waals surface area contributed by atoms with Crippen molar-refractivity contribution in [2.45, 2.75) is 19.5 Å². The summed E-state index contributed by atoms with van der Waals surface area (Å²) in [6.07, 6.45) is 3.30. The third-order valence-corrected chi connectivity index (χ3v) is 6.32. The summed E-state index contributed by atoms with van der Waals surface area (Å²) < 4.78 is 4.72. The van der Waals surface area contributed by atoms with E-state index in [9.17, 15) is 0 Å². The Morgan fingerprint density at radius 1 is 1.12 bits per heavy atom. The zero-order valence-electron chi connectivity index (χ0n) is 18.1. The predicted octanol–water partition coefficient (Wildman–Crippen LogP) is 4.00. The molecule has 0 amide bonds. The van der Waals surface area contributed by atoms with E-state index in [1.807, 2.05) is 21.5 Å². The van der Waals surface area contributed by atoms with Gasteiger partial charge in [-0.2, -0.15) is 10.2 Å². The molecule has 2 N–H and O–H groups in total. The summed E-state index contributed by atoms with van der Waals surface area (Å²) in [5.74, 6) is 0.443. The molecule has 9 heteroatoms. The van der Waals surface area contributed by atoms with E-state index in [1.54, 1.807) is 0 Å². The molecule has 1 aromatic carbocycles. The van der Waals surface area contributed by atoms with Gasteiger partial charge in [0.05, 0.1) is 22.6 Å². The molecule has 0 fully saturated rings. The number of benzene rings is 1. The number of aromatic nitrogens is 6. The minimum absolute atomic E-state index is 0.0930. The number of rotatable bonds is 5. The van der Waals surface area contributed by atoms with Crippen LogP contribution in [0.25, 0.3) is 27.8 Å². The molecule has 0 aliphatic carbocycles. The molecule has 1 atom stereocenters. The molecular weight excluding hydrogens is 515 g/mol. The summed E-state index contributed by atoms with van der Waals surface area (Å²) in [5.41, 5.74) is 12.4. The molecule has 0 aliphatic heterocycles. The monoisotopic (exact) mass is 538 g/mol. The van der Waals surface area contributed by atoms with E-state index in [-0.39, 0.29) is 6.04 Å². The molecule has 4 heterocycles. The largest absolute Gasteiger partial charge is 0.383 e. The van der Waals surface area contributed by atoms with Gasteiger partial charge in [0.25, 0.3) is 0 Å². The molecular formula is C23H23IN8. The molecule has 5 rings (SSSR count). The van der Waals surface area contributed by atoms with Gasteiger partial charge in [-0.1, -0.05) is 18.2 Å². The summed E-state index contributed by atoms with van der Waals surface area (Å²) in [6, 6.07) is 14.7. The van der Waals surface area contributed by atoms with Gasteiger partial charge >= 0.3 is 0 Å². The van der Waals surface area contributed by atoms with Crippen LogP contribution in [0, 0.1) is 3.70 Å². The van der Waals surface area contributed by atoms with Gasteiger partial charge in [-0.25, -0.2) is 19.2 Å². The molecule has 5 aromatic rings. The Morgan fingerprint density at radius 2 is 1.97 bits per heavy atom. The first-order valence-electron chi connectivity index (χ1n) is 10.3. The number of fused-ring (bicyclic) bond motifs is 2. The first-order chi connectivity index (χ1) is 15.4. The number of halogens is 1. The Bertz CT molecular complexity index is 1440. The van der Waals surface area contributed by atoms with Crippen LogP contribution in [0.1, 0.15) is 24.1 Å². The molecule has 162 valence electrons. The quantitative estimate of drug-likeness (QED) is 0.341. The maximum absolute atomic E-state index is 6.12. The van der Waals surface area contributed by atoms with Gasteiger partial charge < -0.3 is 10.6 Å². The molecule has 0 spiro atoms. The van der Waals surface area contributed by atoms with Gasteiger partial charge in [0.15, 0.2) is 5.65 Å². The van der Waals surface area contributed by atoms with Gasteiger partial charge in [-0.05, 0) is 73.4 Å². The van der Waals surface area contributed by atoms with Crippen molar-refractivity contribution in [3.8, 4) is 11.3 Å². The maximum atomic E-state index is 6.12. The Kier molecular flexibility index (Phi) is 5.30. The Hall–Kier alpha value is -3.05. The maximum Gasteiger partial charge on any atom is 0.165 e. The minimum Gasteiger partial charge on any atom is -0.383 e. The molecule has 1 unspecified atom stereocenters. The molecule has 0 bridgehead atoms. The SMILES string of the molecule is CC(c1cc2cccnn2c1-c1cccc(CN(C)C)c1)n1nc(I)c2c(N)ncnc21. The Morgan fingerprint density at radius 3 is 2.78 bits per heavy atom. The lowest BCUT2D eigenvalue weighted by Gasteiger charge is -2.16. The zero-order chi connectivity index (χ0) is 22.4. The molecule has 8 nitrogen and oxygen atoms in total. The van der Waals surface area contributed by atoms with Crippen molar-refractivity contribution in [3.63, 3.8) is 0 Å². The third kappa shape index (κ3) is 3.51. The molecule has 0 aliphatic rings. The van der Waals surface area contributed by atoms with E-state index >= 15 is 0 Å². The normalized spacial score (nSPS) is 12.8. The average Bonchev–Trinajstić information content (AvgIpc) is 3.32. The van der Waals surface area contributed by atoms with Crippen LogP contribution in [0.15, 0.2) is 55.0 Å². The molecule has 0 radical (unpaired) electrons. The number of nitrogens with two attached hydrogens (primary N) is 1. The lowest BCUT2D eigenvalue weighted by atomic mass is 10.0. The predicted molar refractivity (Wildman–Crippen MR) is 134 cm³/mol. The van der Waals surface area contributed by atoms with Gasteiger partial charge in [0.2, 0.25) is 0 Å². The van der Waals surface area contributed by atoms with E-state index in [4.69, 9.17) is 10.8 Å². The fourth-order valence-electron chi connectivity index (χ4n) is 4.17. The molecule has 0 saturated heterocycles. The lowest BCUT2D eigenvalue weighted by molar-refractivity contribution is 0.402. The van der Waals surface area contributed by atoms with Gasteiger partial charge in [-0.3, -0.25) is 0 Å². The second-order valence-corrected chi connectivity index (χ2v) is 9.14. The summed E-state index contributed by atoms with van der Waals surface area (Å²) in [5, 5.41) is 10.2. The lowest BCUT2D eigenvalue weighted by Crippen LogP contribution is -2.11. The number of nitrogen functional groups attached to an aromatic ring is 1. The van der Waals surface area contributed by atoms with E-state index in [2.05, 4.69) is 100.0 Å². The van der Waals surface area contributed by atoms with Crippen molar-refractivity contribution in [1.29, 1.82) is 0 Å². The number of nitrogens with zero attached hydrogens (tertiary/aromatic N) is 7. The van der Waals surface area contributed by atoms with Crippen LogP contribution in [0.5, 0.6) is 0 Å². The number of hydrogen-bond donors (Lipinski definition) is 1. The smallest absolute Gasteiger partial charge is 0.165 e. The molecule has 32 heavy (non-hydrogen) atoms. The Labute approximate surface area is 199 Å². The van der Waals surface area contributed by atoms with Gasteiger partial charge in [-0.15, -0.1) is 0 Å². The van der Waals surface area contributed by atoms with Gasteiger partial charge in [0.1, 0.15) is 15.8 Å². The van der Waals surface area contributed by atoms with Crippen LogP contribution < -0.4 is 5.73 Å². The molecule has 0 saturated carbocycles. The highest BCUT2D eigenvalue weighted by atomic mass is 127. The second-order valence-electron chi connectivity index (χ2n) is 8.12. The summed E-state index contributed by atoms with van der Waals surface area (Å²) >= 11 is 2.19. The van der Waals surface area contributed by atoms with Crippen LogP contribution in [0.2, 0.25) is 0 Å². The van der Waals surface area contributed by atoms with Crippen LogP contribution in [-0.2, 0) is 6.54 Å². The van der Waals surface area contributed by atoms with E-state index in [0.29, 0.717) is 5.82 Å². The summed E-state index contributed by atoms with van der Waals surface area (Å²) in [4.78, 5) is 10.8. The average molecular weight is 538 g/mol. The van der Waals surface area contributed by atoms with E-state index < -0.39 is 0 Å². The van der Waals surface area contributed by atoms with Crippen molar-refractivity contribution in [3.05, 3.63) is 69.8 Å². The second kappa shape index (κ2) is 8.14. The van der Waals surface area contributed by atoms with E-state index in [0.717, 1.165) is 43.6 Å². The zero-order valence-corrected chi connectivity index (χ0v) is 20.2. The van der Waals surface area contributed by atoms with Crippen LogP contribution in [0.3, 0.4) is 0 Å². The number of hydrogen-bond acceptors (Lipinski definition) is 6.